The Morgan fingerprint density at radius 3 is 2.46 bits per heavy atom. The Morgan fingerprint density at radius 1 is 1.04 bits per heavy atom. The molecule has 0 atom stereocenters. The predicted octanol–water partition coefficient (Wildman–Crippen LogP) is 2.32. The van der Waals surface area contributed by atoms with Crippen LogP contribution >= 0.6 is 0 Å². The van der Waals surface area contributed by atoms with Gasteiger partial charge in [-0.2, -0.15) is 0 Å². The number of benzene rings is 2. The van der Waals surface area contributed by atoms with Gasteiger partial charge in [-0.25, -0.2) is 0 Å². The second-order valence-corrected chi connectivity index (χ2v) is 6.52. The molecule has 5 heteroatoms. The number of amides is 2. The van der Waals surface area contributed by atoms with Crippen LogP contribution in [-0.2, 0) is 11.2 Å². The summed E-state index contributed by atoms with van der Waals surface area (Å²) < 4.78 is 0. The number of hydrogen-bond acceptors (Lipinski definition) is 3. The smallest absolute Gasteiger partial charge is 0.258 e. The quantitative estimate of drug-likeness (QED) is 0.911. The second kappa shape index (κ2) is 5.46. The van der Waals surface area contributed by atoms with Crippen molar-refractivity contribution in [1.82, 2.24) is 0 Å². The highest BCUT2D eigenvalue weighted by Crippen LogP contribution is 2.33. The van der Waals surface area contributed by atoms with Crippen molar-refractivity contribution in [1.29, 1.82) is 0 Å². The van der Waals surface area contributed by atoms with E-state index in [4.69, 9.17) is 5.73 Å². The van der Waals surface area contributed by atoms with Crippen LogP contribution in [0.15, 0.2) is 48.5 Å². The van der Waals surface area contributed by atoms with Gasteiger partial charge >= 0.3 is 0 Å². The third-order valence-corrected chi connectivity index (χ3v) is 4.76. The molecule has 0 unspecified atom stereocenters. The lowest BCUT2D eigenvalue weighted by Gasteiger charge is -2.17. The first-order chi connectivity index (χ1) is 11.6. The number of carbonyl (C=O) groups excluding carboxylic acids is 2. The van der Waals surface area contributed by atoms with Crippen molar-refractivity contribution in [3.05, 3.63) is 59.7 Å². The molecule has 4 rings (SSSR count). The Balaban J connectivity index is 1.49. The first-order valence-electron chi connectivity index (χ1n) is 8.17. The highest BCUT2D eigenvalue weighted by molar-refractivity contribution is 6.07. The van der Waals surface area contributed by atoms with Gasteiger partial charge in [0, 0.05) is 23.5 Å². The summed E-state index contributed by atoms with van der Waals surface area (Å²) in [6, 6.07) is 15.0. The number of para-hydroxylation sites is 1. The number of nitrogens with two attached hydrogens (primary N) is 1. The van der Waals surface area contributed by atoms with Gasteiger partial charge in [0.1, 0.15) is 0 Å². The molecule has 1 aliphatic heterocycles. The van der Waals surface area contributed by atoms with Crippen molar-refractivity contribution >= 4 is 23.2 Å². The Bertz CT molecular complexity index is 810. The van der Waals surface area contributed by atoms with Crippen LogP contribution < -0.4 is 16.0 Å². The van der Waals surface area contributed by atoms with E-state index in [1.54, 1.807) is 24.3 Å². The number of hydrogen-bond donors (Lipinski definition) is 2. The molecule has 2 amide bonds. The summed E-state index contributed by atoms with van der Waals surface area (Å²) in [7, 11) is 0. The first kappa shape index (κ1) is 14.9. The van der Waals surface area contributed by atoms with Gasteiger partial charge in [-0.15, -0.1) is 0 Å². The molecule has 2 aromatic rings. The van der Waals surface area contributed by atoms with Gasteiger partial charge < -0.3 is 16.0 Å². The Hall–Kier alpha value is -2.66. The van der Waals surface area contributed by atoms with Crippen LogP contribution in [-0.4, -0.2) is 23.9 Å². The molecule has 1 fully saturated rings. The molecule has 3 N–H and O–H groups in total. The van der Waals surface area contributed by atoms with Gasteiger partial charge in [0.2, 0.25) is 5.91 Å². The molecule has 0 aromatic heterocycles. The molecule has 0 bridgehead atoms. The molecule has 1 heterocycles. The zero-order chi connectivity index (χ0) is 16.7. The minimum atomic E-state index is -0.701. The number of anilines is 2. The van der Waals surface area contributed by atoms with E-state index in [1.807, 2.05) is 23.1 Å². The standard InChI is InChI=1S/C19H19N3O2/c20-19(10-11-19)18(24)21-15-7-5-14(6-8-15)17(23)22-12-9-13-3-1-2-4-16(13)22/h1-8H,9-12,20H2,(H,21,24). The zero-order valence-electron chi connectivity index (χ0n) is 13.3. The van der Waals surface area contributed by atoms with Gasteiger partial charge in [-0.1, -0.05) is 18.2 Å². The SMILES string of the molecule is NC1(C(=O)Nc2ccc(C(=O)N3CCc4ccccc43)cc2)CC1. The normalized spacial score (nSPS) is 17.3. The number of nitrogens with zero attached hydrogens (tertiary/aromatic N) is 1. The average molecular weight is 321 g/mol. The van der Waals surface area contributed by atoms with E-state index >= 15 is 0 Å². The molecule has 0 saturated heterocycles. The van der Waals surface area contributed by atoms with Crippen molar-refractivity contribution < 1.29 is 9.59 Å². The second-order valence-electron chi connectivity index (χ2n) is 6.52. The summed E-state index contributed by atoms with van der Waals surface area (Å²) in [5.41, 5.74) is 8.63. The van der Waals surface area contributed by atoms with Crippen molar-refractivity contribution in [2.75, 3.05) is 16.8 Å². The maximum Gasteiger partial charge on any atom is 0.258 e. The van der Waals surface area contributed by atoms with E-state index in [0.717, 1.165) is 24.9 Å². The van der Waals surface area contributed by atoms with E-state index in [0.29, 0.717) is 17.8 Å². The van der Waals surface area contributed by atoms with Crippen LogP contribution in [0.1, 0.15) is 28.8 Å². The van der Waals surface area contributed by atoms with Crippen molar-refractivity contribution in [3.63, 3.8) is 0 Å². The van der Waals surface area contributed by atoms with Crippen LogP contribution in [0, 0.1) is 0 Å². The molecule has 1 aliphatic carbocycles. The van der Waals surface area contributed by atoms with Gasteiger partial charge in [-0.3, -0.25) is 9.59 Å². The van der Waals surface area contributed by atoms with E-state index < -0.39 is 5.54 Å². The van der Waals surface area contributed by atoms with E-state index in [2.05, 4.69) is 11.4 Å². The van der Waals surface area contributed by atoms with Crippen LogP contribution in [0.4, 0.5) is 11.4 Å². The van der Waals surface area contributed by atoms with Crippen LogP contribution in [0.3, 0.4) is 0 Å². The van der Waals surface area contributed by atoms with Gasteiger partial charge in [-0.05, 0) is 55.2 Å². The Labute approximate surface area is 140 Å². The average Bonchev–Trinajstić information content (AvgIpc) is 3.21. The number of fused-ring (bicyclic) bond motifs is 1. The Kier molecular flexibility index (Phi) is 3.39. The van der Waals surface area contributed by atoms with Crippen LogP contribution in [0.5, 0.6) is 0 Å². The van der Waals surface area contributed by atoms with E-state index in [9.17, 15) is 9.59 Å². The number of rotatable bonds is 3. The van der Waals surface area contributed by atoms with Crippen molar-refractivity contribution in [2.24, 2.45) is 5.73 Å². The summed E-state index contributed by atoms with van der Waals surface area (Å²) in [5, 5.41) is 2.81. The van der Waals surface area contributed by atoms with Gasteiger partial charge in [0.15, 0.2) is 0 Å². The third-order valence-electron chi connectivity index (χ3n) is 4.76. The lowest BCUT2D eigenvalue weighted by atomic mass is 10.1. The summed E-state index contributed by atoms with van der Waals surface area (Å²) >= 11 is 0. The molecular weight excluding hydrogens is 302 g/mol. The lowest BCUT2D eigenvalue weighted by Crippen LogP contribution is -2.37. The molecule has 0 radical (unpaired) electrons. The van der Waals surface area contributed by atoms with Crippen molar-refractivity contribution in [3.8, 4) is 0 Å². The maximum atomic E-state index is 12.7. The highest BCUT2D eigenvalue weighted by Gasteiger charge is 2.45. The van der Waals surface area contributed by atoms with Gasteiger partial charge in [0.25, 0.3) is 5.91 Å². The molecule has 1 saturated carbocycles. The first-order valence-corrected chi connectivity index (χ1v) is 8.17. The molecule has 0 spiro atoms. The fraction of sp³-hybridized carbons (Fsp3) is 0.263. The minimum Gasteiger partial charge on any atom is -0.324 e. The van der Waals surface area contributed by atoms with E-state index in [-0.39, 0.29) is 11.8 Å². The van der Waals surface area contributed by atoms with Crippen LogP contribution in [0.25, 0.3) is 0 Å². The summed E-state index contributed by atoms with van der Waals surface area (Å²) in [6.45, 7) is 0.701. The third kappa shape index (κ3) is 2.57. The molecule has 24 heavy (non-hydrogen) atoms. The topological polar surface area (TPSA) is 75.4 Å². The fourth-order valence-electron chi connectivity index (χ4n) is 3.02. The molecule has 122 valence electrons. The maximum absolute atomic E-state index is 12.7. The zero-order valence-corrected chi connectivity index (χ0v) is 13.3. The molecular formula is C19H19N3O2. The van der Waals surface area contributed by atoms with Gasteiger partial charge in [0.05, 0.1) is 5.54 Å². The minimum absolute atomic E-state index is 0.0182. The molecule has 2 aromatic carbocycles. The monoisotopic (exact) mass is 321 g/mol. The highest BCUT2D eigenvalue weighted by atomic mass is 16.2. The number of carbonyl (C=O) groups is 2. The lowest BCUT2D eigenvalue weighted by molar-refractivity contribution is -0.118. The molecule has 2 aliphatic rings. The summed E-state index contributed by atoms with van der Waals surface area (Å²) in [6.07, 6.45) is 2.34. The Morgan fingerprint density at radius 2 is 1.75 bits per heavy atom. The van der Waals surface area contributed by atoms with Crippen molar-refractivity contribution in [2.45, 2.75) is 24.8 Å². The molecule has 5 nitrogen and oxygen atoms in total. The largest absolute Gasteiger partial charge is 0.324 e. The van der Waals surface area contributed by atoms with E-state index in [1.165, 1.54) is 5.56 Å². The summed E-state index contributed by atoms with van der Waals surface area (Å²) in [4.78, 5) is 26.5. The number of nitrogens with one attached hydrogen (secondary N) is 1. The van der Waals surface area contributed by atoms with Crippen LogP contribution in [0.2, 0.25) is 0 Å². The fourth-order valence-corrected chi connectivity index (χ4v) is 3.02. The predicted molar refractivity (Wildman–Crippen MR) is 93.0 cm³/mol. The summed E-state index contributed by atoms with van der Waals surface area (Å²) in [5.74, 6) is -0.176.